The summed E-state index contributed by atoms with van der Waals surface area (Å²) < 4.78 is 51.3. The van der Waals surface area contributed by atoms with Gasteiger partial charge in [0, 0.05) is 12.6 Å². The van der Waals surface area contributed by atoms with Crippen LogP contribution in [0.2, 0.25) is 0 Å². The molecule has 2 N–H and O–H groups in total. The predicted molar refractivity (Wildman–Crippen MR) is 95.9 cm³/mol. The standard InChI is InChI=1S/C18H13F4N3O2S/c19-12-7-14(28-16(12)17(26)27)13-8-15(25-9-24-13)23-6-5-10-1-3-11(4-2-10)18(20,21)22/h1-4,7-9H,5-6H2,(H,26,27)(H,23,24,25). The molecule has 146 valence electrons. The highest BCUT2D eigenvalue weighted by atomic mass is 32.1. The molecule has 5 nitrogen and oxygen atoms in total. The van der Waals surface area contributed by atoms with Gasteiger partial charge in [0.15, 0.2) is 0 Å². The van der Waals surface area contributed by atoms with Gasteiger partial charge in [0.25, 0.3) is 0 Å². The summed E-state index contributed by atoms with van der Waals surface area (Å²) in [6.45, 7) is 0.404. The average Bonchev–Trinajstić information content (AvgIpc) is 3.04. The fourth-order valence-corrected chi connectivity index (χ4v) is 3.27. The Kier molecular flexibility index (Phi) is 5.59. The van der Waals surface area contributed by atoms with Crippen LogP contribution in [0.1, 0.15) is 20.8 Å². The molecule has 0 spiro atoms. The molecule has 0 aliphatic heterocycles. The van der Waals surface area contributed by atoms with E-state index in [0.717, 1.165) is 35.1 Å². The Labute approximate surface area is 160 Å². The number of hydrogen-bond donors (Lipinski definition) is 2. The molecule has 0 bridgehead atoms. The summed E-state index contributed by atoms with van der Waals surface area (Å²) in [5.74, 6) is -1.75. The second kappa shape index (κ2) is 7.93. The molecule has 2 aromatic heterocycles. The second-order valence-electron chi connectivity index (χ2n) is 5.75. The van der Waals surface area contributed by atoms with E-state index in [9.17, 15) is 22.4 Å². The highest BCUT2D eigenvalue weighted by Gasteiger charge is 2.29. The lowest BCUT2D eigenvalue weighted by atomic mass is 10.1. The van der Waals surface area contributed by atoms with E-state index in [-0.39, 0.29) is 0 Å². The number of nitrogens with one attached hydrogen (secondary N) is 1. The maximum atomic E-state index is 13.6. The number of carbonyl (C=O) groups is 1. The molecule has 0 saturated heterocycles. The van der Waals surface area contributed by atoms with Gasteiger partial charge >= 0.3 is 12.1 Å². The number of nitrogens with zero attached hydrogens (tertiary/aromatic N) is 2. The van der Waals surface area contributed by atoms with Crippen LogP contribution in [-0.4, -0.2) is 27.6 Å². The van der Waals surface area contributed by atoms with E-state index < -0.39 is 28.4 Å². The first-order chi connectivity index (χ1) is 13.2. The Bertz CT molecular complexity index is 987. The third kappa shape index (κ3) is 4.63. The minimum atomic E-state index is -4.37. The van der Waals surface area contributed by atoms with Gasteiger partial charge in [-0.3, -0.25) is 0 Å². The summed E-state index contributed by atoms with van der Waals surface area (Å²) >= 11 is 0.769. The molecule has 1 aromatic carbocycles. The van der Waals surface area contributed by atoms with Gasteiger partial charge in [0.2, 0.25) is 0 Å². The van der Waals surface area contributed by atoms with Gasteiger partial charge in [-0.05, 0) is 30.2 Å². The first kappa shape index (κ1) is 19.7. The molecule has 0 saturated carbocycles. The first-order valence-corrected chi connectivity index (χ1v) is 8.81. The average molecular weight is 411 g/mol. The van der Waals surface area contributed by atoms with Crippen LogP contribution in [-0.2, 0) is 12.6 Å². The SMILES string of the molecule is O=C(O)c1sc(-c2cc(NCCc3ccc(C(F)(F)F)cc3)ncn2)cc1F. The van der Waals surface area contributed by atoms with Gasteiger partial charge in [-0.1, -0.05) is 12.1 Å². The van der Waals surface area contributed by atoms with Crippen molar-refractivity contribution in [1.82, 2.24) is 9.97 Å². The first-order valence-electron chi connectivity index (χ1n) is 7.99. The van der Waals surface area contributed by atoms with Gasteiger partial charge in [0.05, 0.1) is 16.1 Å². The van der Waals surface area contributed by atoms with Crippen molar-refractivity contribution in [2.45, 2.75) is 12.6 Å². The summed E-state index contributed by atoms with van der Waals surface area (Å²) in [6, 6.07) is 7.54. The zero-order valence-corrected chi connectivity index (χ0v) is 14.9. The van der Waals surface area contributed by atoms with Crippen molar-refractivity contribution >= 4 is 23.1 Å². The zero-order valence-electron chi connectivity index (χ0n) is 14.1. The molecule has 0 aliphatic rings. The molecule has 0 amide bonds. The maximum absolute atomic E-state index is 13.6. The quantitative estimate of drug-likeness (QED) is 0.575. The predicted octanol–water partition coefficient (Wildman–Crippen LogP) is 4.72. The third-order valence-electron chi connectivity index (χ3n) is 3.80. The number of benzene rings is 1. The number of hydrogen-bond acceptors (Lipinski definition) is 5. The van der Waals surface area contributed by atoms with Crippen LogP contribution in [0.15, 0.2) is 42.7 Å². The highest BCUT2D eigenvalue weighted by molar-refractivity contribution is 7.17. The van der Waals surface area contributed by atoms with Crippen molar-refractivity contribution in [3.8, 4) is 10.6 Å². The Morgan fingerprint density at radius 3 is 2.46 bits per heavy atom. The van der Waals surface area contributed by atoms with Crippen LogP contribution in [0.4, 0.5) is 23.4 Å². The van der Waals surface area contributed by atoms with Crippen LogP contribution >= 0.6 is 11.3 Å². The van der Waals surface area contributed by atoms with Gasteiger partial charge in [-0.15, -0.1) is 11.3 Å². The zero-order chi connectivity index (χ0) is 20.3. The number of alkyl halides is 3. The summed E-state index contributed by atoms with van der Waals surface area (Å²) in [5.41, 5.74) is 0.387. The fraction of sp³-hybridized carbons (Fsp3) is 0.167. The highest BCUT2D eigenvalue weighted by Crippen LogP contribution is 2.30. The van der Waals surface area contributed by atoms with Crippen molar-refractivity contribution in [3.05, 3.63) is 64.5 Å². The number of halogens is 4. The lowest BCUT2D eigenvalue weighted by molar-refractivity contribution is -0.137. The van der Waals surface area contributed by atoms with Crippen LogP contribution < -0.4 is 5.32 Å². The van der Waals surface area contributed by atoms with Crippen LogP contribution in [0.25, 0.3) is 10.6 Å². The summed E-state index contributed by atoms with van der Waals surface area (Å²) in [6.07, 6.45) is -2.64. The van der Waals surface area contributed by atoms with Crippen molar-refractivity contribution in [2.75, 3.05) is 11.9 Å². The number of aromatic nitrogens is 2. The number of anilines is 1. The minimum Gasteiger partial charge on any atom is -0.477 e. The van der Waals surface area contributed by atoms with E-state index in [0.29, 0.717) is 29.4 Å². The number of thiophene rings is 1. The van der Waals surface area contributed by atoms with Crippen molar-refractivity contribution in [3.63, 3.8) is 0 Å². The molecule has 10 heteroatoms. The minimum absolute atomic E-state index is 0.350. The van der Waals surface area contributed by atoms with E-state index in [2.05, 4.69) is 15.3 Å². The summed E-state index contributed by atoms with van der Waals surface area (Å²) in [5, 5.41) is 11.9. The topological polar surface area (TPSA) is 75.1 Å². The molecule has 0 aliphatic carbocycles. The molecule has 0 radical (unpaired) electrons. The van der Waals surface area contributed by atoms with Crippen LogP contribution in [0.5, 0.6) is 0 Å². The van der Waals surface area contributed by atoms with Crippen molar-refractivity contribution in [1.29, 1.82) is 0 Å². The molecular weight excluding hydrogens is 398 g/mol. The van der Waals surface area contributed by atoms with E-state index in [1.807, 2.05) is 0 Å². The molecule has 3 aromatic rings. The molecule has 3 rings (SSSR count). The normalized spacial score (nSPS) is 11.4. The summed E-state index contributed by atoms with van der Waals surface area (Å²) in [4.78, 5) is 18.9. The Morgan fingerprint density at radius 2 is 1.86 bits per heavy atom. The Hall–Kier alpha value is -3.01. The second-order valence-corrected chi connectivity index (χ2v) is 6.81. The monoisotopic (exact) mass is 411 g/mol. The molecule has 2 heterocycles. The fourth-order valence-electron chi connectivity index (χ4n) is 2.42. The largest absolute Gasteiger partial charge is 0.477 e. The number of aromatic carboxylic acids is 1. The van der Waals surface area contributed by atoms with Crippen molar-refractivity contribution < 1.29 is 27.5 Å². The third-order valence-corrected chi connectivity index (χ3v) is 4.92. The smallest absolute Gasteiger partial charge is 0.416 e. The Morgan fingerprint density at radius 1 is 1.14 bits per heavy atom. The molecule has 28 heavy (non-hydrogen) atoms. The molecular formula is C18H13F4N3O2S. The van der Waals surface area contributed by atoms with Gasteiger partial charge in [-0.2, -0.15) is 13.2 Å². The van der Waals surface area contributed by atoms with Gasteiger partial charge in [0.1, 0.15) is 22.8 Å². The maximum Gasteiger partial charge on any atom is 0.416 e. The lowest BCUT2D eigenvalue weighted by Gasteiger charge is -2.09. The molecule has 0 fully saturated rings. The lowest BCUT2D eigenvalue weighted by Crippen LogP contribution is -2.08. The van der Waals surface area contributed by atoms with E-state index >= 15 is 0 Å². The van der Waals surface area contributed by atoms with Gasteiger partial charge in [-0.25, -0.2) is 19.2 Å². The number of carboxylic acids is 1. The summed E-state index contributed by atoms with van der Waals surface area (Å²) in [7, 11) is 0. The van der Waals surface area contributed by atoms with Crippen LogP contribution in [0, 0.1) is 5.82 Å². The number of carboxylic acid groups (broad SMARTS) is 1. The number of rotatable bonds is 6. The van der Waals surface area contributed by atoms with Crippen molar-refractivity contribution in [2.24, 2.45) is 0 Å². The Balaban J connectivity index is 1.64. The van der Waals surface area contributed by atoms with Crippen LogP contribution in [0.3, 0.4) is 0 Å². The van der Waals surface area contributed by atoms with E-state index in [1.165, 1.54) is 18.5 Å². The molecule has 0 unspecified atom stereocenters. The molecule has 0 atom stereocenters. The van der Waals surface area contributed by atoms with Gasteiger partial charge < -0.3 is 10.4 Å². The van der Waals surface area contributed by atoms with E-state index in [4.69, 9.17) is 5.11 Å². The van der Waals surface area contributed by atoms with E-state index in [1.54, 1.807) is 6.07 Å².